The summed E-state index contributed by atoms with van der Waals surface area (Å²) in [6.07, 6.45) is -5.62. The zero-order chi connectivity index (χ0) is 29.0. The zero-order valence-corrected chi connectivity index (χ0v) is 22.7. The number of ether oxygens (including phenoxy) is 4. The van der Waals surface area contributed by atoms with Gasteiger partial charge in [-0.3, -0.25) is 4.90 Å². The van der Waals surface area contributed by atoms with Crippen molar-refractivity contribution < 1.29 is 50.1 Å². The summed E-state index contributed by atoms with van der Waals surface area (Å²) in [5.74, 6) is -0.650. The predicted octanol–water partition coefficient (Wildman–Crippen LogP) is 5.48. The molecule has 0 radical (unpaired) electrons. The monoisotopic (exact) mass is 573 g/mol. The van der Waals surface area contributed by atoms with E-state index in [1.807, 2.05) is 0 Å². The number of carbonyl (C=O) groups is 2. The number of rotatable bonds is 7. The van der Waals surface area contributed by atoms with Gasteiger partial charge >= 0.3 is 18.4 Å². The van der Waals surface area contributed by atoms with E-state index in [1.165, 1.54) is 41.3 Å². The molecule has 0 N–H and O–H groups in total. The number of sulfone groups is 1. The average Bonchev–Trinajstić information content (AvgIpc) is 2.83. The standard InChI is InChI=1S/C26H30F3NO8S/c1-5-35-23(31)22-16-21(14-15-30(22)24(32)38-25(2,3)4)39(33,34)20-12-10-18(11-13-20)36-17-6-8-19(9-7-17)37-26(27,28)29/h6-13,21-22H,5,14-16H2,1-4H3. The summed E-state index contributed by atoms with van der Waals surface area (Å²) in [4.78, 5) is 26.5. The van der Waals surface area contributed by atoms with Crippen molar-refractivity contribution in [1.82, 2.24) is 4.90 Å². The molecule has 2 aromatic carbocycles. The molecule has 214 valence electrons. The van der Waals surface area contributed by atoms with Crippen LogP contribution in [0.15, 0.2) is 53.4 Å². The van der Waals surface area contributed by atoms with Gasteiger partial charge in [-0.25, -0.2) is 18.0 Å². The molecular weight excluding hydrogens is 543 g/mol. The lowest BCUT2D eigenvalue weighted by molar-refractivity contribution is -0.274. The summed E-state index contributed by atoms with van der Waals surface area (Å²) >= 11 is 0. The van der Waals surface area contributed by atoms with Crippen molar-refractivity contribution in [1.29, 1.82) is 0 Å². The second-order valence-electron chi connectivity index (χ2n) is 9.73. The Morgan fingerprint density at radius 2 is 1.49 bits per heavy atom. The van der Waals surface area contributed by atoms with Crippen molar-refractivity contribution in [3.8, 4) is 17.2 Å². The lowest BCUT2D eigenvalue weighted by Crippen LogP contribution is -2.54. The first kappa shape index (κ1) is 30.1. The lowest BCUT2D eigenvalue weighted by Gasteiger charge is -2.38. The maximum Gasteiger partial charge on any atom is 0.573 e. The molecule has 0 saturated carbocycles. The molecule has 0 aromatic heterocycles. The highest BCUT2D eigenvalue weighted by Crippen LogP contribution is 2.32. The van der Waals surface area contributed by atoms with Gasteiger partial charge in [0, 0.05) is 6.54 Å². The summed E-state index contributed by atoms with van der Waals surface area (Å²) in [5, 5.41) is -0.960. The fourth-order valence-electron chi connectivity index (χ4n) is 3.95. The number of hydrogen-bond donors (Lipinski definition) is 0. The van der Waals surface area contributed by atoms with Gasteiger partial charge in [0.25, 0.3) is 0 Å². The quantitative estimate of drug-likeness (QED) is 0.401. The summed E-state index contributed by atoms with van der Waals surface area (Å²) in [6, 6.07) is 9.10. The summed E-state index contributed by atoms with van der Waals surface area (Å²) in [6.45, 7) is 6.72. The molecule has 39 heavy (non-hydrogen) atoms. The summed E-state index contributed by atoms with van der Waals surface area (Å²) in [5.41, 5.74) is -0.804. The van der Waals surface area contributed by atoms with Crippen molar-refractivity contribution in [2.24, 2.45) is 0 Å². The minimum Gasteiger partial charge on any atom is -0.464 e. The van der Waals surface area contributed by atoms with Crippen molar-refractivity contribution >= 4 is 21.9 Å². The Balaban J connectivity index is 1.72. The highest BCUT2D eigenvalue weighted by atomic mass is 32.2. The third-order valence-corrected chi connectivity index (χ3v) is 7.86. The van der Waals surface area contributed by atoms with Gasteiger partial charge in [-0.15, -0.1) is 13.2 Å². The van der Waals surface area contributed by atoms with E-state index in [-0.39, 0.29) is 42.4 Å². The van der Waals surface area contributed by atoms with Crippen LogP contribution in [0.5, 0.6) is 17.2 Å². The largest absolute Gasteiger partial charge is 0.573 e. The van der Waals surface area contributed by atoms with Crippen LogP contribution in [0.1, 0.15) is 40.5 Å². The van der Waals surface area contributed by atoms with Crippen molar-refractivity contribution in [3.63, 3.8) is 0 Å². The summed E-state index contributed by atoms with van der Waals surface area (Å²) < 4.78 is 83.7. The van der Waals surface area contributed by atoms with Crippen LogP contribution in [0, 0.1) is 0 Å². The SMILES string of the molecule is CCOC(=O)C1CC(S(=O)(=O)c2ccc(Oc3ccc(OC(F)(F)F)cc3)cc2)CCN1C(=O)OC(C)(C)C. The number of piperidine rings is 1. The number of benzene rings is 2. The molecule has 1 aliphatic rings. The molecule has 1 saturated heterocycles. The van der Waals surface area contributed by atoms with E-state index in [1.54, 1.807) is 27.7 Å². The fourth-order valence-corrected chi connectivity index (χ4v) is 5.70. The third kappa shape index (κ3) is 8.25. The Labute approximate surface area is 224 Å². The van der Waals surface area contributed by atoms with Crippen molar-refractivity contribution in [2.45, 2.75) is 68.7 Å². The van der Waals surface area contributed by atoms with Crippen LogP contribution < -0.4 is 9.47 Å². The molecule has 13 heteroatoms. The van der Waals surface area contributed by atoms with Gasteiger partial charge in [0.15, 0.2) is 9.84 Å². The van der Waals surface area contributed by atoms with Gasteiger partial charge in [0.2, 0.25) is 0 Å². The zero-order valence-electron chi connectivity index (χ0n) is 21.9. The Kier molecular flexibility index (Phi) is 9.04. The van der Waals surface area contributed by atoms with E-state index in [0.717, 1.165) is 12.1 Å². The molecule has 0 bridgehead atoms. The molecule has 2 unspecified atom stereocenters. The second-order valence-corrected chi connectivity index (χ2v) is 12.0. The predicted molar refractivity (Wildman–Crippen MR) is 133 cm³/mol. The number of alkyl halides is 3. The molecule has 1 heterocycles. The molecule has 9 nitrogen and oxygen atoms in total. The van der Waals surface area contributed by atoms with E-state index >= 15 is 0 Å². The highest BCUT2D eigenvalue weighted by molar-refractivity contribution is 7.92. The summed E-state index contributed by atoms with van der Waals surface area (Å²) in [7, 11) is -3.91. The van der Waals surface area contributed by atoms with E-state index in [0.29, 0.717) is 0 Å². The van der Waals surface area contributed by atoms with Crippen LogP contribution in [0.25, 0.3) is 0 Å². The molecule has 0 aliphatic carbocycles. The van der Waals surface area contributed by atoms with Gasteiger partial charge < -0.3 is 18.9 Å². The minimum absolute atomic E-state index is 0.0119. The molecule has 1 aliphatic heterocycles. The van der Waals surface area contributed by atoms with Crippen LogP contribution in [0.3, 0.4) is 0 Å². The number of carbonyl (C=O) groups excluding carboxylic acids is 2. The van der Waals surface area contributed by atoms with Gasteiger partial charge in [0.1, 0.15) is 28.9 Å². The maximum atomic E-state index is 13.4. The molecule has 0 spiro atoms. The van der Waals surface area contributed by atoms with Gasteiger partial charge in [-0.1, -0.05) is 0 Å². The minimum atomic E-state index is -4.81. The van der Waals surface area contributed by atoms with Crippen LogP contribution in [0.2, 0.25) is 0 Å². The maximum absolute atomic E-state index is 13.4. The van der Waals surface area contributed by atoms with Crippen LogP contribution in [-0.4, -0.2) is 61.8 Å². The first-order valence-corrected chi connectivity index (χ1v) is 13.7. The van der Waals surface area contributed by atoms with E-state index < -0.39 is 50.9 Å². The van der Waals surface area contributed by atoms with Crippen LogP contribution >= 0.6 is 0 Å². The normalized spacial score (nSPS) is 18.3. The number of amides is 1. The molecule has 1 amide bonds. The highest BCUT2D eigenvalue weighted by Gasteiger charge is 2.43. The third-order valence-electron chi connectivity index (χ3n) is 5.63. The van der Waals surface area contributed by atoms with Gasteiger partial charge in [-0.2, -0.15) is 0 Å². The Bertz CT molecular complexity index is 1260. The van der Waals surface area contributed by atoms with E-state index in [2.05, 4.69) is 4.74 Å². The number of likely N-dealkylation sites (tertiary alicyclic amines) is 1. The van der Waals surface area contributed by atoms with Crippen molar-refractivity contribution in [2.75, 3.05) is 13.2 Å². The van der Waals surface area contributed by atoms with Crippen LogP contribution in [-0.2, 0) is 24.1 Å². The van der Waals surface area contributed by atoms with Gasteiger partial charge in [0.05, 0.1) is 16.8 Å². The first-order chi connectivity index (χ1) is 18.1. The second kappa shape index (κ2) is 11.7. The number of halogens is 3. The molecular formula is C26H30F3NO8S. The Morgan fingerprint density at radius 3 is 2.00 bits per heavy atom. The van der Waals surface area contributed by atoms with Crippen LogP contribution in [0.4, 0.5) is 18.0 Å². The average molecular weight is 574 g/mol. The van der Waals surface area contributed by atoms with E-state index in [9.17, 15) is 31.2 Å². The van der Waals surface area contributed by atoms with E-state index in [4.69, 9.17) is 14.2 Å². The Morgan fingerprint density at radius 1 is 0.949 bits per heavy atom. The number of esters is 1. The molecule has 2 aromatic rings. The number of hydrogen-bond acceptors (Lipinski definition) is 8. The molecule has 2 atom stereocenters. The smallest absolute Gasteiger partial charge is 0.464 e. The van der Waals surface area contributed by atoms with Gasteiger partial charge in [-0.05, 0) is 89.1 Å². The number of nitrogens with zero attached hydrogens (tertiary/aromatic N) is 1. The topological polar surface area (TPSA) is 108 Å². The van der Waals surface area contributed by atoms with Crippen molar-refractivity contribution in [3.05, 3.63) is 48.5 Å². The fraction of sp³-hybridized carbons (Fsp3) is 0.462. The lowest BCUT2D eigenvalue weighted by atomic mass is 10.0. The first-order valence-electron chi connectivity index (χ1n) is 12.1. The molecule has 1 fully saturated rings. The Hall–Kier alpha value is -3.48. The molecule has 3 rings (SSSR count).